The first-order valence-electron chi connectivity index (χ1n) is 5.88. The zero-order valence-electron chi connectivity index (χ0n) is 9.16. The molecular formula is C11H18N2O2. The molecule has 2 aliphatic heterocycles. The van der Waals surface area contributed by atoms with Gasteiger partial charge in [0.15, 0.2) is 0 Å². The molecule has 0 aromatic rings. The van der Waals surface area contributed by atoms with Gasteiger partial charge in [-0.1, -0.05) is 0 Å². The summed E-state index contributed by atoms with van der Waals surface area (Å²) in [6, 6.07) is 0. The summed E-state index contributed by atoms with van der Waals surface area (Å²) in [7, 11) is 0. The number of hydrogen-bond donors (Lipinski definition) is 1. The second-order valence-electron chi connectivity index (χ2n) is 5.09. The normalized spacial score (nSPS) is 37.9. The largest absolute Gasteiger partial charge is 0.381 e. The maximum absolute atomic E-state index is 12.1. The van der Waals surface area contributed by atoms with Crippen LogP contribution in [0.3, 0.4) is 0 Å². The Morgan fingerprint density at radius 2 is 2.40 bits per heavy atom. The average Bonchev–Trinajstić information content (AvgIpc) is 2.73. The van der Waals surface area contributed by atoms with E-state index in [1.54, 1.807) is 0 Å². The highest BCUT2D eigenvalue weighted by molar-refractivity contribution is 5.91. The minimum Gasteiger partial charge on any atom is -0.381 e. The average molecular weight is 210 g/mol. The van der Waals surface area contributed by atoms with Gasteiger partial charge in [-0.15, -0.1) is 0 Å². The molecule has 1 aliphatic carbocycles. The first-order chi connectivity index (χ1) is 7.21. The van der Waals surface area contributed by atoms with Gasteiger partial charge in [0.05, 0.1) is 18.3 Å². The van der Waals surface area contributed by atoms with Crippen LogP contribution in [0.1, 0.15) is 26.2 Å². The molecule has 2 saturated heterocycles. The highest BCUT2D eigenvalue weighted by Crippen LogP contribution is 2.42. The number of ether oxygens (including phenoxy) is 1. The van der Waals surface area contributed by atoms with Crippen molar-refractivity contribution in [3.8, 4) is 0 Å². The summed E-state index contributed by atoms with van der Waals surface area (Å²) >= 11 is 0. The summed E-state index contributed by atoms with van der Waals surface area (Å²) in [6.45, 7) is 4.64. The summed E-state index contributed by atoms with van der Waals surface area (Å²) < 4.78 is 5.35. The fraction of sp³-hybridized carbons (Fsp3) is 0.909. The maximum atomic E-state index is 12.1. The van der Waals surface area contributed by atoms with Crippen molar-refractivity contribution in [2.24, 2.45) is 5.92 Å². The molecule has 0 radical (unpaired) electrons. The van der Waals surface area contributed by atoms with Crippen LogP contribution in [-0.4, -0.2) is 42.3 Å². The molecule has 15 heavy (non-hydrogen) atoms. The molecule has 4 heteroatoms. The van der Waals surface area contributed by atoms with Crippen LogP contribution in [-0.2, 0) is 9.53 Å². The van der Waals surface area contributed by atoms with E-state index < -0.39 is 0 Å². The second kappa shape index (κ2) is 3.19. The molecule has 3 fully saturated rings. The lowest BCUT2D eigenvalue weighted by molar-refractivity contribution is -0.131. The van der Waals surface area contributed by atoms with E-state index in [4.69, 9.17) is 4.74 Å². The molecule has 1 saturated carbocycles. The number of carbonyl (C=O) groups excluding carboxylic acids is 1. The number of carbonyl (C=O) groups is 1. The topological polar surface area (TPSA) is 41.6 Å². The van der Waals surface area contributed by atoms with Crippen LogP contribution in [0.15, 0.2) is 0 Å². The molecule has 1 spiro atoms. The SMILES string of the molecule is CC1NC2(CC2)C(=O)N1CC1CCOC1. The molecule has 3 rings (SSSR count). The maximum Gasteiger partial charge on any atom is 0.244 e. The molecular weight excluding hydrogens is 192 g/mol. The highest BCUT2D eigenvalue weighted by atomic mass is 16.5. The van der Waals surface area contributed by atoms with Crippen LogP contribution in [0.5, 0.6) is 0 Å². The van der Waals surface area contributed by atoms with Crippen molar-refractivity contribution >= 4 is 5.91 Å². The minimum atomic E-state index is -0.154. The first kappa shape index (κ1) is 9.60. The Hall–Kier alpha value is -0.610. The molecule has 2 unspecified atom stereocenters. The third-order valence-electron chi connectivity index (χ3n) is 3.85. The van der Waals surface area contributed by atoms with E-state index in [2.05, 4.69) is 12.2 Å². The quantitative estimate of drug-likeness (QED) is 0.714. The van der Waals surface area contributed by atoms with Gasteiger partial charge in [0, 0.05) is 19.1 Å². The van der Waals surface area contributed by atoms with Gasteiger partial charge in [0.1, 0.15) is 0 Å². The van der Waals surface area contributed by atoms with Crippen molar-refractivity contribution in [1.82, 2.24) is 10.2 Å². The molecule has 2 atom stereocenters. The van der Waals surface area contributed by atoms with Crippen LogP contribution in [0.25, 0.3) is 0 Å². The van der Waals surface area contributed by atoms with E-state index in [0.29, 0.717) is 11.8 Å². The first-order valence-corrected chi connectivity index (χ1v) is 5.88. The van der Waals surface area contributed by atoms with Gasteiger partial charge in [-0.3, -0.25) is 10.1 Å². The van der Waals surface area contributed by atoms with Crippen molar-refractivity contribution in [2.45, 2.75) is 37.9 Å². The van der Waals surface area contributed by atoms with E-state index in [1.165, 1.54) is 0 Å². The van der Waals surface area contributed by atoms with Crippen LogP contribution >= 0.6 is 0 Å². The molecule has 0 bridgehead atoms. The standard InChI is InChI=1S/C11H18N2O2/c1-8-12-11(3-4-11)10(14)13(8)6-9-2-5-15-7-9/h8-9,12H,2-7H2,1H3. The third-order valence-corrected chi connectivity index (χ3v) is 3.85. The van der Waals surface area contributed by atoms with Crippen molar-refractivity contribution in [3.05, 3.63) is 0 Å². The molecule has 2 heterocycles. The third kappa shape index (κ3) is 1.47. The summed E-state index contributed by atoms with van der Waals surface area (Å²) in [4.78, 5) is 14.1. The van der Waals surface area contributed by atoms with Crippen molar-refractivity contribution in [3.63, 3.8) is 0 Å². The van der Waals surface area contributed by atoms with Gasteiger partial charge in [-0.2, -0.15) is 0 Å². The molecule has 0 aromatic heterocycles. The number of amides is 1. The van der Waals surface area contributed by atoms with Crippen LogP contribution < -0.4 is 5.32 Å². The molecule has 1 N–H and O–H groups in total. The van der Waals surface area contributed by atoms with Gasteiger partial charge in [0.25, 0.3) is 0 Å². The monoisotopic (exact) mass is 210 g/mol. The lowest BCUT2D eigenvalue weighted by atomic mass is 10.1. The van der Waals surface area contributed by atoms with E-state index >= 15 is 0 Å². The molecule has 4 nitrogen and oxygen atoms in total. The van der Waals surface area contributed by atoms with Crippen LogP contribution in [0.4, 0.5) is 0 Å². The summed E-state index contributed by atoms with van der Waals surface area (Å²) in [6.07, 6.45) is 3.35. The van der Waals surface area contributed by atoms with E-state index in [9.17, 15) is 4.79 Å². The van der Waals surface area contributed by atoms with E-state index in [-0.39, 0.29) is 11.7 Å². The highest BCUT2D eigenvalue weighted by Gasteiger charge is 2.58. The summed E-state index contributed by atoms with van der Waals surface area (Å²) in [5.41, 5.74) is -0.154. The summed E-state index contributed by atoms with van der Waals surface area (Å²) in [5, 5.41) is 3.41. The number of rotatable bonds is 2. The molecule has 1 amide bonds. The zero-order chi connectivity index (χ0) is 10.5. The molecule has 84 valence electrons. The smallest absolute Gasteiger partial charge is 0.244 e. The van der Waals surface area contributed by atoms with Crippen LogP contribution in [0, 0.1) is 5.92 Å². The lowest BCUT2D eigenvalue weighted by Gasteiger charge is -2.23. The summed E-state index contributed by atoms with van der Waals surface area (Å²) in [5.74, 6) is 0.869. The Balaban J connectivity index is 1.67. The van der Waals surface area contributed by atoms with Crippen molar-refractivity contribution in [2.75, 3.05) is 19.8 Å². The van der Waals surface area contributed by atoms with Gasteiger partial charge in [0.2, 0.25) is 5.91 Å². The van der Waals surface area contributed by atoms with Gasteiger partial charge in [-0.25, -0.2) is 0 Å². The van der Waals surface area contributed by atoms with Crippen LogP contribution in [0.2, 0.25) is 0 Å². The predicted molar refractivity (Wildman–Crippen MR) is 55.2 cm³/mol. The van der Waals surface area contributed by atoms with Crippen molar-refractivity contribution in [1.29, 1.82) is 0 Å². The Kier molecular flexibility index (Phi) is 2.04. The number of nitrogens with zero attached hydrogens (tertiary/aromatic N) is 1. The Bertz CT molecular complexity index is 282. The Labute approximate surface area is 90.0 Å². The molecule has 0 aromatic carbocycles. The van der Waals surface area contributed by atoms with Crippen molar-refractivity contribution < 1.29 is 9.53 Å². The van der Waals surface area contributed by atoms with Gasteiger partial charge in [-0.05, 0) is 26.2 Å². The predicted octanol–water partition coefficient (Wildman–Crippen LogP) is 0.333. The van der Waals surface area contributed by atoms with Gasteiger partial charge >= 0.3 is 0 Å². The fourth-order valence-electron chi connectivity index (χ4n) is 2.72. The lowest BCUT2D eigenvalue weighted by Crippen LogP contribution is -2.38. The van der Waals surface area contributed by atoms with E-state index in [1.807, 2.05) is 4.90 Å². The van der Waals surface area contributed by atoms with Gasteiger partial charge < -0.3 is 9.64 Å². The minimum absolute atomic E-state index is 0.154. The number of hydrogen-bond acceptors (Lipinski definition) is 3. The second-order valence-corrected chi connectivity index (χ2v) is 5.09. The zero-order valence-corrected chi connectivity index (χ0v) is 9.16. The Morgan fingerprint density at radius 3 is 2.93 bits per heavy atom. The van der Waals surface area contributed by atoms with E-state index in [0.717, 1.165) is 39.0 Å². The fourth-order valence-corrected chi connectivity index (χ4v) is 2.72. The number of nitrogens with one attached hydrogen (secondary N) is 1. The molecule has 3 aliphatic rings. The Morgan fingerprint density at radius 1 is 1.60 bits per heavy atom.